The monoisotopic (exact) mass is 390 g/mol. The number of amides is 1. The number of nitrogens with one attached hydrogen (secondary N) is 1. The summed E-state index contributed by atoms with van der Waals surface area (Å²) >= 11 is 0. The maximum absolute atomic E-state index is 12.8. The van der Waals surface area contributed by atoms with Gasteiger partial charge in [-0.15, -0.1) is 0 Å². The van der Waals surface area contributed by atoms with Gasteiger partial charge in [0, 0.05) is 22.3 Å². The summed E-state index contributed by atoms with van der Waals surface area (Å²) in [7, 11) is 0. The molecule has 2 N–H and O–H groups in total. The molecular formula is C23H22N2O4. The van der Waals surface area contributed by atoms with Gasteiger partial charge in [-0.25, -0.2) is 4.79 Å². The molecule has 1 fully saturated rings. The molecule has 0 radical (unpaired) electrons. The smallest absolute Gasteiger partial charge is 0.414 e. The summed E-state index contributed by atoms with van der Waals surface area (Å²) in [5, 5.41) is 10.5. The van der Waals surface area contributed by atoms with Crippen LogP contribution in [0.4, 0.5) is 10.5 Å². The fourth-order valence-corrected chi connectivity index (χ4v) is 3.65. The summed E-state index contributed by atoms with van der Waals surface area (Å²) in [5.74, 6) is 0. The molecule has 0 spiro atoms. The molecule has 2 heterocycles. The molecule has 0 bridgehead atoms. The van der Waals surface area contributed by atoms with E-state index in [4.69, 9.17) is 4.74 Å². The Morgan fingerprint density at radius 2 is 2.03 bits per heavy atom. The summed E-state index contributed by atoms with van der Waals surface area (Å²) < 4.78 is 5.09. The normalized spacial score (nSPS) is 16.3. The number of aromatic amines is 1. The second kappa shape index (κ2) is 7.56. The molecule has 4 rings (SSSR count). The van der Waals surface area contributed by atoms with E-state index >= 15 is 0 Å². The second-order valence-corrected chi connectivity index (χ2v) is 7.37. The molecule has 1 aliphatic heterocycles. The lowest BCUT2D eigenvalue weighted by molar-refractivity contribution is 0.0963. The van der Waals surface area contributed by atoms with Crippen molar-refractivity contribution in [2.24, 2.45) is 0 Å². The number of H-pyrrole nitrogens is 1. The number of aliphatic hydroxyl groups excluding tert-OH is 1. The van der Waals surface area contributed by atoms with E-state index < -0.39 is 12.2 Å². The number of ether oxygens (including phenoxy) is 1. The number of allylic oxidation sites excluding steroid dienone is 1. The number of nitrogens with zero attached hydrogens (tertiary/aromatic N) is 1. The first-order valence-corrected chi connectivity index (χ1v) is 9.45. The first kappa shape index (κ1) is 19.0. The van der Waals surface area contributed by atoms with E-state index in [0.717, 1.165) is 34.2 Å². The number of anilines is 1. The number of fused-ring (bicyclic) bond motifs is 1. The van der Waals surface area contributed by atoms with E-state index in [9.17, 15) is 14.7 Å². The van der Waals surface area contributed by atoms with Crippen molar-refractivity contribution < 1.29 is 14.6 Å². The topological polar surface area (TPSA) is 82.6 Å². The number of carbonyl (C=O) groups is 1. The van der Waals surface area contributed by atoms with Crippen molar-refractivity contribution in [2.75, 3.05) is 18.1 Å². The highest BCUT2D eigenvalue weighted by molar-refractivity contribution is 5.94. The standard InChI is InChI=1S/C23H22N2O4/c1-14(2)9-15-5-3-4-6-19(15)21-10-16-7-8-17(11-20(16)22(27)24-21)25-12-18(13-26)29-23(25)28/h3-8,10-11,18,26H,1,9,12-13H2,2H3,(H,24,27). The Morgan fingerprint density at radius 1 is 1.24 bits per heavy atom. The van der Waals surface area contributed by atoms with Crippen LogP contribution in [0.15, 0.2) is 65.5 Å². The molecular weight excluding hydrogens is 368 g/mol. The Bertz CT molecular complexity index is 1160. The molecule has 6 heteroatoms. The third kappa shape index (κ3) is 3.67. The van der Waals surface area contributed by atoms with E-state index in [1.165, 1.54) is 4.90 Å². The lowest BCUT2D eigenvalue weighted by atomic mass is 9.97. The molecule has 2 aromatic carbocycles. The van der Waals surface area contributed by atoms with Crippen molar-refractivity contribution in [3.05, 3.63) is 76.6 Å². The molecule has 148 valence electrons. The number of hydrogen-bond donors (Lipinski definition) is 2. The Balaban J connectivity index is 1.76. The number of rotatable bonds is 5. The van der Waals surface area contributed by atoms with E-state index in [1.54, 1.807) is 12.1 Å². The van der Waals surface area contributed by atoms with Crippen molar-refractivity contribution in [1.82, 2.24) is 4.98 Å². The van der Waals surface area contributed by atoms with Crippen molar-refractivity contribution in [1.29, 1.82) is 0 Å². The van der Waals surface area contributed by atoms with Gasteiger partial charge in [-0.2, -0.15) is 0 Å². The van der Waals surface area contributed by atoms with Crippen LogP contribution in [-0.4, -0.2) is 35.4 Å². The Labute approximate surface area is 168 Å². The number of carbonyl (C=O) groups excluding carboxylic acids is 1. The first-order chi connectivity index (χ1) is 14.0. The lowest BCUT2D eigenvalue weighted by Crippen LogP contribution is -2.25. The molecule has 1 aromatic heterocycles. The molecule has 1 aliphatic rings. The highest BCUT2D eigenvalue weighted by Gasteiger charge is 2.31. The zero-order chi connectivity index (χ0) is 20.5. The van der Waals surface area contributed by atoms with Crippen LogP contribution in [0.3, 0.4) is 0 Å². The van der Waals surface area contributed by atoms with E-state index in [0.29, 0.717) is 11.1 Å². The number of aliphatic hydroxyl groups is 1. The number of hydrogen-bond acceptors (Lipinski definition) is 4. The maximum atomic E-state index is 12.8. The zero-order valence-electron chi connectivity index (χ0n) is 16.1. The summed E-state index contributed by atoms with van der Waals surface area (Å²) in [6.07, 6.45) is -0.341. The van der Waals surface area contributed by atoms with Gasteiger partial charge in [-0.1, -0.05) is 42.5 Å². The molecule has 3 aromatic rings. The minimum absolute atomic E-state index is 0.226. The van der Waals surface area contributed by atoms with E-state index in [-0.39, 0.29) is 18.7 Å². The Hall–Kier alpha value is -3.38. The quantitative estimate of drug-likeness (QED) is 0.652. The van der Waals surface area contributed by atoms with Crippen LogP contribution in [0.1, 0.15) is 12.5 Å². The van der Waals surface area contributed by atoms with Crippen molar-refractivity contribution in [2.45, 2.75) is 19.4 Å². The number of pyridine rings is 1. The zero-order valence-corrected chi connectivity index (χ0v) is 16.1. The summed E-state index contributed by atoms with van der Waals surface area (Å²) in [6, 6.07) is 15.2. The summed E-state index contributed by atoms with van der Waals surface area (Å²) in [4.78, 5) is 29.3. The van der Waals surface area contributed by atoms with Crippen LogP contribution in [0.2, 0.25) is 0 Å². The van der Waals surface area contributed by atoms with Crippen LogP contribution in [-0.2, 0) is 11.2 Å². The lowest BCUT2D eigenvalue weighted by Gasteiger charge is -2.14. The van der Waals surface area contributed by atoms with E-state index in [2.05, 4.69) is 11.6 Å². The Morgan fingerprint density at radius 3 is 2.76 bits per heavy atom. The molecule has 6 nitrogen and oxygen atoms in total. The predicted molar refractivity (Wildman–Crippen MR) is 113 cm³/mol. The minimum atomic E-state index is -0.552. The van der Waals surface area contributed by atoms with Gasteiger partial charge in [-0.3, -0.25) is 9.69 Å². The molecule has 1 unspecified atom stereocenters. The van der Waals surface area contributed by atoms with Gasteiger partial charge in [0.05, 0.1) is 13.2 Å². The minimum Gasteiger partial charge on any atom is -0.441 e. The van der Waals surface area contributed by atoms with Gasteiger partial charge >= 0.3 is 6.09 Å². The molecule has 29 heavy (non-hydrogen) atoms. The average molecular weight is 390 g/mol. The first-order valence-electron chi connectivity index (χ1n) is 9.45. The SMILES string of the molecule is C=C(C)Cc1ccccc1-c1cc2ccc(N3CC(CO)OC3=O)cc2c(=O)[nH]1. The van der Waals surface area contributed by atoms with E-state index in [1.807, 2.05) is 43.3 Å². The fraction of sp³-hybridized carbons (Fsp3) is 0.217. The summed E-state index contributed by atoms with van der Waals surface area (Å²) in [5.41, 5.74) is 4.20. The van der Waals surface area contributed by atoms with Crippen LogP contribution in [0, 0.1) is 0 Å². The largest absolute Gasteiger partial charge is 0.441 e. The number of cyclic esters (lactones) is 1. The van der Waals surface area contributed by atoms with Crippen molar-refractivity contribution in [3.63, 3.8) is 0 Å². The van der Waals surface area contributed by atoms with Crippen molar-refractivity contribution >= 4 is 22.6 Å². The van der Waals surface area contributed by atoms with Gasteiger partial charge in [0.1, 0.15) is 6.10 Å². The highest BCUT2D eigenvalue weighted by atomic mass is 16.6. The third-order valence-corrected chi connectivity index (χ3v) is 5.02. The van der Waals surface area contributed by atoms with Gasteiger partial charge in [0.2, 0.25) is 0 Å². The van der Waals surface area contributed by atoms with Crippen LogP contribution in [0.25, 0.3) is 22.0 Å². The molecule has 1 atom stereocenters. The van der Waals surface area contributed by atoms with Gasteiger partial charge in [0.25, 0.3) is 5.56 Å². The molecule has 0 aliphatic carbocycles. The molecule has 0 saturated carbocycles. The third-order valence-electron chi connectivity index (χ3n) is 5.02. The van der Waals surface area contributed by atoms with Crippen LogP contribution >= 0.6 is 0 Å². The molecule has 1 amide bonds. The summed E-state index contributed by atoms with van der Waals surface area (Å²) in [6.45, 7) is 5.99. The average Bonchev–Trinajstić information content (AvgIpc) is 3.08. The predicted octanol–water partition coefficient (Wildman–Crippen LogP) is 3.63. The highest BCUT2D eigenvalue weighted by Crippen LogP contribution is 2.28. The van der Waals surface area contributed by atoms with Gasteiger partial charge in [-0.05, 0) is 42.5 Å². The van der Waals surface area contributed by atoms with Crippen LogP contribution in [0.5, 0.6) is 0 Å². The second-order valence-electron chi connectivity index (χ2n) is 7.37. The fourth-order valence-electron chi connectivity index (χ4n) is 3.65. The number of benzene rings is 2. The molecule has 1 saturated heterocycles. The van der Waals surface area contributed by atoms with Gasteiger partial charge < -0.3 is 14.8 Å². The number of aromatic nitrogens is 1. The van der Waals surface area contributed by atoms with Crippen molar-refractivity contribution in [3.8, 4) is 11.3 Å². The Kier molecular flexibility index (Phi) is 4.94. The maximum Gasteiger partial charge on any atom is 0.414 e. The van der Waals surface area contributed by atoms with Crippen LogP contribution < -0.4 is 10.5 Å². The van der Waals surface area contributed by atoms with Gasteiger partial charge in [0.15, 0.2) is 0 Å².